The quantitative estimate of drug-likeness (QED) is 0.544. The molecule has 4 rings (SSSR count). The fourth-order valence-corrected chi connectivity index (χ4v) is 2.07. The molecule has 0 unspecified atom stereocenters. The Balaban J connectivity index is 1.56. The van der Waals surface area contributed by atoms with Crippen molar-refractivity contribution < 1.29 is 18.0 Å². The summed E-state index contributed by atoms with van der Waals surface area (Å²) in [7, 11) is 0. The van der Waals surface area contributed by atoms with E-state index >= 15 is 0 Å². The molecule has 4 aromatic rings. The minimum atomic E-state index is 0.261. The zero-order valence-corrected chi connectivity index (χ0v) is 12.2. The van der Waals surface area contributed by atoms with Crippen molar-refractivity contribution in [1.29, 1.82) is 0 Å². The average Bonchev–Trinajstić information content (AvgIpc) is 3.28. The van der Waals surface area contributed by atoms with Crippen LogP contribution < -0.4 is 4.74 Å². The van der Waals surface area contributed by atoms with Crippen LogP contribution in [0, 0.1) is 6.92 Å². The summed E-state index contributed by atoms with van der Waals surface area (Å²) >= 11 is 0. The summed E-state index contributed by atoms with van der Waals surface area (Å²) in [6.07, 6.45) is 0. The fraction of sp³-hybridized carbons (Fsp3) is 0.0588. The molecule has 0 spiro atoms. The van der Waals surface area contributed by atoms with E-state index in [0.29, 0.717) is 29.1 Å². The van der Waals surface area contributed by atoms with Crippen LogP contribution in [0.15, 0.2) is 67.8 Å². The Morgan fingerprint density at radius 1 is 0.739 bits per heavy atom. The van der Waals surface area contributed by atoms with Crippen LogP contribution in [0.5, 0.6) is 11.7 Å². The largest absolute Gasteiger partial charge is 0.456 e. The van der Waals surface area contributed by atoms with Gasteiger partial charge in [-0.15, -0.1) is 10.2 Å². The highest BCUT2D eigenvalue weighted by Gasteiger charge is 2.16. The summed E-state index contributed by atoms with van der Waals surface area (Å²) in [5.74, 6) is 3.32. The first kappa shape index (κ1) is 13.4. The fourth-order valence-electron chi connectivity index (χ4n) is 2.07. The number of aryl methyl sites for hydroxylation is 1. The number of para-hydroxylation sites is 1. The van der Waals surface area contributed by atoms with Gasteiger partial charge in [-0.3, -0.25) is 0 Å². The predicted molar refractivity (Wildman–Crippen MR) is 81.0 cm³/mol. The molecule has 6 nitrogen and oxygen atoms in total. The molecule has 6 heteroatoms. The first-order chi connectivity index (χ1) is 11.3. The van der Waals surface area contributed by atoms with Crippen LogP contribution in [0.3, 0.4) is 0 Å². The van der Waals surface area contributed by atoms with Crippen LogP contribution in [0.25, 0.3) is 23.3 Å². The first-order valence-electron chi connectivity index (χ1n) is 7.01. The van der Waals surface area contributed by atoms with E-state index in [4.69, 9.17) is 18.0 Å². The van der Waals surface area contributed by atoms with E-state index in [1.54, 1.807) is 18.2 Å². The lowest BCUT2D eigenvalue weighted by Crippen LogP contribution is -1.79. The van der Waals surface area contributed by atoms with Gasteiger partial charge in [-0.25, -0.2) is 0 Å². The Morgan fingerprint density at radius 2 is 1.43 bits per heavy atom. The molecule has 0 fully saturated rings. The van der Waals surface area contributed by atoms with E-state index in [1.807, 2.05) is 43.3 Å². The zero-order valence-electron chi connectivity index (χ0n) is 12.2. The molecule has 0 amide bonds. The summed E-state index contributed by atoms with van der Waals surface area (Å²) in [5.41, 5.74) is 0. The Bertz CT molecular complexity index is 921. The minimum Gasteiger partial charge on any atom is -0.456 e. The standard InChI is InChI=1S/C17H12N2O4/c1-11-7-8-13(20-11)16-18-19-17(23-16)14-9-10-15(22-14)21-12-5-3-2-4-6-12/h2-10H,1H3. The van der Waals surface area contributed by atoms with Gasteiger partial charge in [0.05, 0.1) is 0 Å². The van der Waals surface area contributed by atoms with Crippen molar-refractivity contribution in [1.82, 2.24) is 10.2 Å². The molecule has 0 aliphatic carbocycles. The Kier molecular flexibility index (Phi) is 3.20. The predicted octanol–water partition coefficient (Wildman–Crippen LogP) is 4.69. The molecule has 3 heterocycles. The van der Waals surface area contributed by atoms with Crippen molar-refractivity contribution in [2.24, 2.45) is 0 Å². The summed E-state index contributed by atoms with van der Waals surface area (Å²) in [5, 5.41) is 7.92. The minimum absolute atomic E-state index is 0.261. The van der Waals surface area contributed by atoms with Crippen LogP contribution in [0.2, 0.25) is 0 Å². The molecule has 0 saturated carbocycles. The molecule has 0 radical (unpaired) electrons. The molecule has 0 N–H and O–H groups in total. The van der Waals surface area contributed by atoms with Crippen LogP contribution in [-0.2, 0) is 0 Å². The molecule has 0 saturated heterocycles. The van der Waals surface area contributed by atoms with Crippen LogP contribution >= 0.6 is 0 Å². The third-order valence-corrected chi connectivity index (χ3v) is 3.13. The van der Waals surface area contributed by atoms with Gasteiger partial charge in [0.15, 0.2) is 11.5 Å². The van der Waals surface area contributed by atoms with Crippen LogP contribution in [0.1, 0.15) is 5.76 Å². The van der Waals surface area contributed by atoms with Gasteiger partial charge in [-0.1, -0.05) is 18.2 Å². The van der Waals surface area contributed by atoms with Crippen LogP contribution in [0.4, 0.5) is 0 Å². The number of nitrogens with zero attached hydrogens (tertiary/aromatic N) is 2. The lowest BCUT2D eigenvalue weighted by atomic mass is 10.3. The number of benzene rings is 1. The second kappa shape index (κ2) is 5.49. The Labute approximate surface area is 131 Å². The third kappa shape index (κ3) is 2.74. The maximum Gasteiger partial charge on any atom is 0.290 e. The highest BCUT2D eigenvalue weighted by molar-refractivity contribution is 5.50. The van der Waals surface area contributed by atoms with E-state index in [9.17, 15) is 0 Å². The molecular formula is C17H12N2O4. The number of furan rings is 2. The molecule has 0 bridgehead atoms. The van der Waals surface area contributed by atoms with Crippen molar-refractivity contribution in [2.75, 3.05) is 0 Å². The Hall–Kier alpha value is -3.28. The monoisotopic (exact) mass is 308 g/mol. The maximum atomic E-state index is 5.60. The van der Waals surface area contributed by atoms with Gasteiger partial charge in [0.25, 0.3) is 17.7 Å². The number of hydrogen-bond donors (Lipinski definition) is 0. The smallest absolute Gasteiger partial charge is 0.290 e. The molecule has 0 aliphatic rings. The van der Waals surface area contributed by atoms with Gasteiger partial charge in [0, 0.05) is 6.07 Å². The summed E-state index contributed by atoms with van der Waals surface area (Å²) < 4.78 is 22.2. The third-order valence-electron chi connectivity index (χ3n) is 3.13. The normalized spacial score (nSPS) is 10.8. The van der Waals surface area contributed by atoms with Crippen LogP contribution in [-0.4, -0.2) is 10.2 Å². The molecular weight excluding hydrogens is 296 g/mol. The van der Waals surface area contributed by atoms with Gasteiger partial charge in [-0.05, 0) is 37.3 Å². The summed E-state index contributed by atoms with van der Waals surface area (Å²) in [4.78, 5) is 0. The van der Waals surface area contributed by atoms with Gasteiger partial charge in [0.1, 0.15) is 11.5 Å². The van der Waals surface area contributed by atoms with Gasteiger partial charge < -0.3 is 18.0 Å². The Morgan fingerprint density at radius 3 is 2.13 bits per heavy atom. The first-order valence-corrected chi connectivity index (χ1v) is 7.01. The number of hydrogen-bond acceptors (Lipinski definition) is 6. The van der Waals surface area contributed by atoms with E-state index in [2.05, 4.69) is 10.2 Å². The van der Waals surface area contributed by atoms with Crippen molar-refractivity contribution in [3.63, 3.8) is 0 Å². The molecule has 23 heavy (non-hydrogen) atoms. The number of rotatable bonds is 4. The summed E-state index contributed by atoms with van der Waals surface area (Å²) in [6.45, 7) is 1.85. The van der Waals surface area contributed by atoms with Crippen molar-refractivity contribution in [2.45, 2.75) is 6.92 Å². The second-order valence-electron chi connectivity index (χ2n) is 4.86. The number of aromatic nitrogens is 2. The van der Waals surface area contributed by atoms with E-state index in [0.717, 1.165) is 5.76 Å². The van der Waals surface area contributed by atoms with E-state index in [-0.39, 0.29) is 5.89 Å². The van der Waals surface area contributed by atoms with E-state index < -0.39 is 0 Å². The highest BCUT2D eigenvalue weighted by atomic mass is 16.6. The topological polar surface area (TPSA) is 74.4 Å². The number of ether oxygens (including phenoxy) is 1. The molecule has 114 valence electrons. The SMILES string of the molecule is Cc1ccc(-c2nnc(-c3ccc(Oc4ccccc4)o3)o2)o1. The molecule has 1 aromatic carbocycles. The average molecular weight is 308 g/mol. The lowest BCUT2D eigenvalue weighted by Gasteiger charge is -1.99. The van der Waals surface area contributed by atoms with Gasteiger partial charge in [0.2, 0.25) is 0 Å². The molecule has 0 aliphatic heterocycles. The van der Waals surface area contributed by atoms with Crippen molar-refractivity contribution in [3.8, 4) is 35.0 Å². The van der Waals surface area contributed by atoms with E-state index in [1.165, 1.54) is 0 Å². The second-order valence-corrected chi connectivity index (χ2v) is 4.86. The molecule has 3 aromatic heterocycles. The van der Waals surface area contributed by atoms with Crippen molar-refractivity contribution in [3.05, 3.63) is 60.4 Å². The van der Waals surface area contributed by atoms with Gasteiger partial charge >= 0.3 is 0 Å². The maximum absolute atomic E-state index is 5.60. The van der Waals surface area contributed by atoms with Gasteiger partial charge in [-0.2, -0.15) is 0 Å². The lowest BCUT2D eigenvalue weighted by molar-refractivity contribution is 0.347. The van der Waals surface area contributed by atoms with Crippen molar-refractivity contribution >= 4 is 0 Å². The highest BCUT2D eigenvalue weighted by Crippen LogP contribution is 2.30. The molecule has 0 atom stereocenters. The summed E-state index contributed by atoms with van der Waals surface area (Å²) in [6, 6.07) is 16.4. The zero-order chi connectivity index (χ0) is 15.6.